The average molecular weight is 862 g/mol. The molecule has 332 valence electrons. The maximum absolute atomic E-state index is 13.9. The first-order valence-corrected chi connectivity index (χ1v) is 22.0. The highest BCUT2D eigenvalue weighted by molar-refractivity contribution is 5.87. The number of anilines is 1. The van der Waals surface area contributed by atoms with Crippen molar-refractivity contribution in [1.82, 2.24) is 40.4 Å². The summed E-state index contributed by atoms with van der Waals surface area (Å²) < 4.78 is 16.4. The van der Waals surface area contributed by atoms with E-state index in [1.165, 1.54) is 7.11 Å². The van der Waals surface area contributed by atoms with E-state index in [1.807, 2.05) is 50.8 Å². The molecule has 0 bridgehead atoms. The Bertz CT molecular complexity index is 2550. The molecule has 17 nitrogen and oxygen atoms in total. The van der Waals surface area contributed by atoms with Crippen LogP contribution in [0.5, 0.6) is 11.5 Å². The molecule has 63 heavy (non-hydrogen) atoms. The Labute approximate surface area is 364 Å². The van der Waals surface area contributed by atoms with Crippen molar-refractivity contribution in [3.05, 3.63) is 77.4 Å². The van der Waals surface area contributed by atoms with Gasteiger partial charge in [-0.15, -0.1) is 0 Å². The average Bonchev–Trinajstić information content (AvgIpc) is 4.12. The van der Waals surface area contributed by atoms with Crippen molar-refractivity contribution in [3.63, 3.8) is 0 Å². The second-order valence-electron chi connectivity index (χ2n) is 17.8. The maximum Gasteiger partial charge on any atom is 0.407 e. The van der Waals surface area contributed by atoms with Crippen molar-refractivity contribution < 1.29 is 38.5 Å². The summed E-state index contributed by atoms with van der Waals surface area (Å²) in [6.07, 6.45) is 2.98. The number of H-pyrrole nitrogens is 2. The topological polar surface area (TPSA) is 207 Å². The molecular formula is C46H55N9O8. The van der Waals surface area contributed by atoms with Gasteiger partial charge in [-0.05, 0) is 97.9 Å². The molecule has 6 heterocycles. The smallest absolute Gasteiger partial charge is 0.407 e. The first-order valence-electron chi connectivity index (χ1n) is 22.0. The number of benzene rings is 3. The van der Waals surface area contributed by atoms with Gasteiger partial charge in [0.05, 0.1) is 53.3 Å². The van der Waals surface area contributed by atoms with Crippen molar-refractivity contribution in [3.8, 4) is 11.5 Å². The van der Waals surface area contributed by atoms with Crippen LogP contribution in [0.15, 0.2) is 54.6 Å². The zero-order valence-electron chi connectivity index (χ0n) is 36.2. The van der Waals surface area contributed by atoms with Crippen LogP contribution in [0.2, 0.25) is 0 Å². The van der Waals surface area contributed by atoms with Crippen molar-refractivity contribution in [1.29, 1.82) is 0 Å². The monoisotopic (exact) mass is 861 g/mol. The Morgan fingerprint density at radius 2 is 1.29 bits per heavy atom. The number of nitrogens with zero attached hydrogens (tertiary/aromatic N) is 5. The fraction of sp³-hybridized carbons (Fsp3) is 0.478. The molecule has 0 saturated carbocycles. The highest BCUT2D eigenvalue weighted by Crippen LogP contribution is 2.50. The number of carbonyl (C=O) groups is 4. The summed E-state index contributed by atoms with van der Waals surface area (Å²) in [5.74, 6) is 2.09. The number of fused-ring (bicyclic) bond motifs is 3. The number of aromatic amines is 2. The number of methoxy groups -OCH3 is 1. The zero-order valence-corrected chi connectivity index (χ0v) is 36.2. The van der Waals surface area contributed by atoms with E-state index in [9.17, 15) is 24.3 Å². The van der Waals surface area contributed by atoms with Gasteiger partial charge >= 0.3 is 12.2 Å². The second kappa shape index (κ2) is 17.0. The number of rotatable bonds is 11. The lowest BCUT2D eigenvalue weighted by molar-refractivity contribution is -0.136. The summed E-state index contributed by atoms with van der Waals surface area (Å²) in [5, 5.41) is 14.6. The van der Waals surface area contributed by atoms with Gasteiger partial charge in [-0.2, -0.15) is 0 Å². The number of imidazole rings is 2. The molecule has 9 rings (SSSR count). The van der Waals surface area contributed by atoms with E-state index in [2.05, 4.69) is 61.9 Å². The number of hydrogen-bond donors (Lipinski definition) is 5. The highest BCUT2D eigenvalue weighted by Gasteiger charge is 2.41. The molecule has 3 aromatic carbocycles. The minimum Gasteiger partial charge on any atom is -0.465 e. The summed E-state index contributed by atoms with van der Waals surface area (Å²) in [7, 11) is 1.29. The number of hydrogen-bond acceptors (Lipinski definition) is 10. The van der Waals surface area contributed by atoms with Gasteiger partial charge in [0, 0.05) is 24.8 Å². The minimum absolute atomic E-state index is 0.0130. The van der Waals surface area contributed by atoms with Gasteiger partial charge in [0.2, 0.25) is 18.6 Å². The number of carboxylic acid groups (broad SMARTS) is 1. The molecule has 6 atom stereocenters. The van der Waals surface area contributed by atoms with Gasteiger partial charge < -0.3 is 54.6 Å². The van der Waals surface area contributed by atoms with Crippen molar-refractivity contribution in [2.45, 2.75) is 102 Å². The lowest BCUT2D eigenvalue weighted by Gasteiger charge is -2.33. The molecule has 17 heteroatoms. The van der Waals surface area contributed by atoms with Crippen molar-refractivity contribution in [2.24, 2.45) is 11.8 Å². The number of nitrogens with one attached hydrogen (secondary N) is 4. The third-order valence-electron chi connectivity index (χ3n) is 13.2. The van der Waals surface area contributed by atoms with Crippen LogP contribution in [0.3, 0.4) is 0 Å². The van der Waals surface area contributed by atoms with Gasteiger partial charge in [-0.25, -0.2) is 19.6 Å². The normalized spacial score (nSPS) is 21.8. The van der Waals surface area contributed by atoms with Crippen LogP contribution < -0.4 is 25.0 Å². The number of alkyl carbamates (subject to hydrolysis) is 1. The number of amides is 4. The summed E-state index contributed by atoms with van der Waals surface area (Å²) >= 11 is 0. The quantitative estimate of drug-likeness (QED) is 0.0894. The van der Waals surface area contributed by atoms with Crippen LogP contribution in [0.1, 0.15) is 113 Å². The van der Waals surface area contributed by atoms with Gasteiger partial charge in [0.1, 0.15) is 23.7 Å². The van der Waals surface area contributed by atoms with Crippen LogP contribution in [0.25, 0.3) is 22.1 Å². The summed E-state index contributed by atoms with van der Waals surface area (Å²) in [6.45, 7) is 8.76. The number of ether oxygens (including phenoxy) is 3. The first kappa shape index (κ1) is 41.8. The predicted octanol–water partition coefficient (Wildman–Crippen LogP) is 7.25. The third-order valence-corrected chi connectivity index (χ3v) is 13.2. The Kier molecular flexibility index (Phi) is 11.3. The molecule has 3 fully saturated rings. The molecule has 3 saturated heterocycles. The molecule has 5 aromatic rings. The van der Waals surface area contributed by atoms with E-state index >= 15 is 0 Å². The molecule has 4 amide bonds. The van der Waals surface area contributed by atoms with E-state index in [1.54, 1.807) is 4.90 Å². The number of carbonyl (C=O) groups excluding carboxylic acids is 3. The van der Waals surface area contributed by atoms with Crippen LogP contribution in [0, 0.1) is 11.8 Å². The van der Waals surface area contributed by atoms with Gasteiger partial charge in [-0.1, -0.05) is 39.8 Å². The molecule has 0 spiro atoms. The van der Waals surface area contributed by atoms with Crippen LogP contribution in [-0.4, -0.2) is 97.9 Å². The largest absolute Gasteiger partial charge is 0.465 e. The van der Waals surface area contributed by atoms with E-state index in [0.29, 0.717) is 30.4 Å². The number of aromatic nitrogens is 4. The Morgan fingerprint density at radius 1 is 0.698 bits per heavy atom. The predicted molar refractivity (Wildman–Crippen MR) is 233 cm³/mol. The molecule has 0 radical (unpaired) electrons. The van der Waals surface area contributed by atoms with E-state index in [0.717, 1.165) is 83.2 Å². The van der Waals surface area contributed by atoms with Crippen LogP contribution in [-0.2, 0) is 14.3 Å². The Balaban J connectivity index is 1.01. The zero-order chi connectivity index (χ0) is 44.1. The van der Waals surface area contributed by atoms with Crippen LogP contribution >= 0.6 is 0 Å². The number of likely N-dealkylation sites (tertiary alicyclic amines) is 2. The summed E-state index contributed by atoms with van der Waals surface area (Å²) in [4.78, 5) is 74.4. The van der Waals surface area contributed by atoms with Crippen LogP contribution in [0.4, 0.5) is 15.3 Å². The second-order valence-corrected chi connectivity index (χ2v) is 17.8. The molecule has 4 aliphatic heterocycles. The van der Waals surface area contributed by atoms with Gasteiger partial charge in [-0.3, -0.25) is 9.59 Å². The fourth-order valence-corrected chi connectivity index (χ4v) is 10.0. The maximum atomic E-state index is 13.9. The van der Waals surface area contributed by atoms with Gasteiger partial charge in [0.25, 0.3) is 0 Å². The highest BCUT2D eigenvalue weighted by atomic mass is 16.7. The first-order chi connectivity index (χ1) is 30.4. The lowest BCUT2D eigenvalue weighted by Crippen LogP contribution is -2.51. The molecule has 0 aliphatic carbocycles. The third kappa shape index (κ3) is 7.93. The van der Waals surface area contributed by atoms with E-state index < -0.39 is 24.3 Å². The van der Waals surface area contributed by atoms with E-state index in [-0.39, 0.29) is 54.6 Å². The minimum atomic E-state index is -1.22. The van der Waals surface area contributed by atoms with Gasteiger partial charge in [0.15, 0.2) is 11.5 Å². The van der Waals surface area contributed by atoms with E-state index in [4.69, 9.17) is 24.2 Å². The lowest BCUT2D eigenvalue weighted by atomic mass is 10.0. The molecule has 5 N–H and O–H groups in total. The molecule has 1 unspecified atom stereocenters. The standard InChI is InChI=1S/C46H55N9O8/c1-24(2)39(51-45(58)59)43(56)53-18-6-8-35(53)41-47-29-13-10-26(20-31(29)49-41)33-15-16-34(55(33)28-12-17-37-38(22-28)63-23-62-37)27-11-14-30-32(21-27)50-42(48-30)36-9-7-19-54(36)44(57)40(25(3)4)52-46(60)61-5/h10-14,17,20-22,24-25,33-36,39-40,51H,6-9,15-16,18-19,23H2,1-5H3,(H,47,49)(H,48,50)(H,52,60)(H,58,59)/t33-,34?,35+,36+,39+,40+/m1/s1. The molecule has 2 aromatic heterocycles. The summed E-state index contributed by atoms with van der Waals surface area (Å²) in [5.41, 5.74) is 6.57. The molecular weight excluding hydrogens is 807 g/mol. The summed E-state index contributed by atoms with van der Waals surface area (Å²) in [6, 6.07) is 16.6. The van der Waals surface area contributed by atoms with Crippen molar-refractivity contribution >= 4 is 51.8 Å². The molecule has 4 aliphatic rings. The Morgan fingerprint density at radius 3 is 1.92 bits per heavy atom. The van der Waals surface area contributed by atoms with Crippen molar-refractivity contribution in [2.75, 3.05) is 31.9 Å². The Hall–Kier alpha value is -6.52. The fourth-order valence-electron chi connectivity index (χ4n) is 10.0. The SMILES string of the molecule is COC(=O)N[C@H](C(=O)N1CCC[C@H]1c1nc2cc(C3CC[C@H](c4ccc5nc([C@@H]6CCCN6C(=O)[C@@H](NC(=O)O)C(C)C)[nH]c5c4)N3c3ccc4c(c3)OCO4)ccc2[nH]1)C(C)C.